The maximum absolute atomic E-state index is 14.4. The molecule has 158 valence electrons. The van der Waals surface area contributed by atoms with Crippen LogP contribution in [0, 0.1) is 16.4 Å². The molecular formula is C20H21F2N5O2S. The summed E-state index contributed by atoms with van der Waals surface area (Å²) in [7, 11) is -1.45. The topological polar surface area (TPSA) is 114 Å². The summed E-state index contributed by atoms with van der Waals surface area (Å²) in [6.07, 6.45) is 2.56. The van der Waals surface area contributed by atoms with Crippen LogP contribution in [0.5, 0.6) is 5.75 Å². The van der Waals surface area contributed by atoms with E-state index in [2.05, 4.69) is 15.3 Å². The maximum Gasteiger partial charge on any atom is 0.149 e. The quantitative estimate of drug-likeness (QED) is 0.499. The zero-order valence-corrected chi connectivity index (χ0v) is 17.0. The number of aromatic nitrogens is 2. The summed E-state index contributed by atoms with van der Waals surface area (Å²) in [5.41, 5.74) is 6.62. The molecule has 0 spiro atoms. The number of nitrogens with zero attached hydrogens (tertiary/aromatic N) is 2. The molecule has 7 nitrogen and oxygen atoms in total. The Hall–Kier alpha value is -3.11. The summed E-state index contributed by atoms with van der Waals surface area (Å²) < 4.78 is 53.1. The number of methoxy groups -OCH3 is 1. The van der Waals surface area contributed by atoms with E-state index in [1.165, 1.54) is 37.6 Å². The third-order valence-electron chi connectivity index (χ3n) is 4.24. The smallest absolute Gasteiger partial charge is 0.149 e. The number of hydrogen-bond donors (Lipinski definition) is 3. The van der Waals surface area contributed by atoms with Gasteiger partial charge in [-0.25, -0.2) is 23.0 Å². The number of rotatable bonds is 8. The molecule has 0 aliphatic rings. The van der Waals surface area contributed by atoms with Gasteiger partial charge < -0.3 is 15.8 Å². The number of nitrogens with two attached hydrogens (primary N) is 1. The van der Waals surface area contributed by atoms with Gasteiger partial charge >= 0.3 is 0 Å². The van der Waals surface area contributed by atoms with Crippen LogP contribution in [0.25, 0.3) is 11.1 Å². The van der Waals surface area contributed by atoms with Crippen molar-refractivity contribution in [1.82, 2.24) is 9.97 Å². The molecule has 0 saturated heterocycles. The molecule has 2 aromatic heterocycles. The molecule has 2 heterocycles. The van der Waals surface area contributed by atoms with Gasteiger partial charge in [0.25, 0.3) is 0 Å². The van der Waals surface area contributed by atoms with Crippen molar-refractivity contribution in [2.75, 3.05) is 24.7 Å². The minimum atomic E-state index is -2.82. The Morgan fingerprint density at radius 1 is 1.13 bits per heavy atom. The average molecular weight is 433 g/mol. The van der Waals surface area contributed by atoms with Crippen LogP contribution in [-0.4, -0.2) is 33.6 Å². The highest BCUT2D eigenvalue weighted by molar-refractivity contribution is 7.91. The molecular weight excluding hydrogens is 412 g/mol. The normalized spacial score (nSPS) is 12.9. The molecule has 0 aliphatic heterocycles. The molecule has 1 atom stereocenters. The van der Waals surface area contributed by atoms with Gasteiger partial charge in [0.15, 0.2) is 0 Å². The predicted octanol–water partition coefficient (Wildman–Crippen LogP) is 3.68. The fourth-order valence-electron chi connectivity index (χ4n) is 2.90. The largest absolute Gasteiger partial charge is 0.496 e. The van der Waals surface area contributed by atoms with Crippen LogP contribution in [0.1, 0.15) is 5.56 Å². The van der Waals surface area contributed by atoms with Gasteiger partial charge in [0.05, 0.1) is 19.1 Å². The summed E-state index contributed by atoms with van der Waals surface area (Å²) in [6, 6.07) is 8.60. The van der Waals surface area contributed by atoms with Crippen LogP contribution in [0.2, 0.25) is 0 Å². The Labute approximate surface area is 173 Å². The van der Waals surface area contributed by atoms with E-state index in [1.54, 1.807) is 12.1 Å². The van der Waals surface area contributed by atoms with E-state index in [0.717, 1.165) is 6.20 Å². The number of nitrogens with one attached hydrogen (secondary N) is 2. The molecule has 0 amide bonds. The van der Waals surface area contributed by atoms with E-state index >= 15 is 0 Å². The van der Waals surface area contributed by atoms with Crippen LogP contribution >= 0.6 is 0 Å². The molecule has 1 aromatic carbocycles. The van der Waals surface area contributed by atoms with Crippen molar-refractivity contribution in [2.24, 2.45) is 5.73 Å². The second-order valence-corrected chi connectivity index (χ2v) is 8.84. The lowest BCUT2D eigenvalue weighted by Gasteiger charge is -2.12. The fraction of sp³-hybridized carbons (Fsp3) is 0.200. The van der Waals surface area contributed by atoms with Crippen LogP contribution in [0.3, 0.4) is 0 Å². The number of anilines is 2. The minimum absolute atomic E-state index is 0.0519. The van der Waals surface area contributed by atoms with E-state index in [4.69, 9.17) is 15.3 Å². The van der Waals surface area contributed by atoms with Gasteiger partial charge in [-0.15, -0.1) is 0 Å². The molecule has 0 radical (unpaired) electrons. The SMILES string of the molecule is COc1cc(F)ccc1-c1cc(Nc2cc(CS(=N)(=O)CCN)ccn2)ncc1F. The van der Waals surface area contributed by atoms with Gasteiger partial charge in [-0.3, -0.25) is 4.78 Å². The number of pyridine rings is 2. The number of benzene rings is 1. The number of ether oxygens (including phenoxy) is 1. The minimum Gasteiger partial charge on any atom is -0.496 e. The van der Waals surface area contributed by atoms with Crippen molar-refractivity contribution >= 4 is 21.4 Å². The molecule has 3 rings (SSSR count). The van der Waals surface area contributed by atoms with Crippen LogP contribution in [0.15, 0.2) is 48.8 Å². The molecule has 10 heteroatoms. The Bertz CT molecular complexity index is 1160. The van der Waals surface area contributed by atoms with E-state index < -0.39 is 21.4 Å². The molecule has 0 fully saturated rings. The molecule has 30 heavy (non-hydrogen) atoms. The van der Waals surface area contributed by atoms with E-state index in [0.29, 0.717) is 22.8 Å². The van der Waals surface area contributed by atoms with Gasteiger partial charge in [-0.05, 0) is 35.9 Å². The van der Waals surface area contributed by atoms with Crippen molar-refractivity contribution in [1.29, 1.82) is 4.78 Å². The van der Waals surface area contributed by atoms with E-state index in [1.807, 2.05) is 0 Å². The molecule has 4 N–H and O–H groups in total. The molecule has 0 saturated carbocycles. The van der Waals surface area contributed by atoms with Crippen LogP contribution in [0.4, 0.5) is 20.4 Å². The Kier molecular flexibility index (Phi) is 6.58. The fourth-order valence-corrected chi connectivity index (χ4v) is 4.14. The predicted molar refractivity (Wildman–Crippen MR) is 112 cm³/mol. The van der Waals surface area contributed by atoms with Crippen molar-refractivity contribution in [3.8, 4) is 16.9 Å². The third kappa shape index (κ3) is 5.28. The second kappa shape index (κ2) is 9.14. The first-order valence-electron chi connectivity index (χ1n) is 8.97. The lowest BCUT2D eigenvalue weighted by molar-refractivity contribution is 0.412. The van der Waals surface area contributed by atoms with Gasteiger partial charge in [0.1, 0.15) is 29.0 Å². The van der Waals surface area contributed by atoms with Crippen LogP contribution in [-0.2, 0) is 15.5 Å². The molecule has 0 bridgehead atoms. The lowest BCUT2D eigenvalue weighted by atomic mass is 10.0. The van der Waals surface area contributed by atoms with Gasteiger partial charge in [-0.2, -0.15) is 0 Å². The van der Waals surface area contributed by atoms with Gasteiger partial charge in [-0.1, -0.05) is 0 Å². The standard InChI is InChI=1S/C20H21F2N5O2S/c1-29-18-9-14(21)2-3-15(18)16-10-20(26-11-17(16)22)27-19-8-13(4-6-25-19)12-30(24,28)7-5-23/h2-4,6,8-11,24H,5,7,12,23H2,1H3,(H,25,26,27). The zero-order chi connectivity index (χ0) is 21.7. The first kappa shape index (κ1) is 21.6. The van der Waals surface area contributed by atoms with Crippen molar-refractivity contribution in [3.05, 3.63) is 66.0 Å². The molecule has 3 aromatic rings. The summed E-state index contributed by atoms with van der Waals surface area (Å²) in [4.78, 5) is 8.20. The Morgan fingerprint density at radius 3 is 2.63 bits per heavy atom. The zero-order valence-electron chi connectivity index (χ0n) is 16.2. The summed E-state index contributed by atoms with van der Waals surface area (Å²) in [6.45, 7) is 0.174. The molecule has 0 aliphatic carbocycles. The first-order valence-corrected chi connectivity index (χ1v) is 10.9. The van der Waals surface area contributed by atoms with E-state index in [-0.39, 0.29) is 29.4 Å². The Morgan fingerprint density at radius 2 is 1.90 bits per heavy atom. The van der Waals surface area contributed by atoms with Gasteiger partial charge in [0.2, 0.25) is 0 Å². The lowest BCUT2D eigenvalue weighted by Crippen LogP contribution is -2.16. The summed E-state index contributed by atoms with van der Waals surface area (Å²) in [5, 5.41) is 2.97. The highest BCUT2D eigenvalue weighted by Crippen LogP contribution is 2.33. The first-order chi connectivity index (χ1) is 14.3. The third-order valence-corrected chi connectivity index (χ3v) is 5.93. The van der Waals surface area contributed by atoms with Crippen molar-refractivity contribution in [2.45, 2.75) is 5.75 Å². The second-order valence-electron chi connectivity index (χ2n) is 6.52. The van der Waals surface area contributed by atoms with E-state index in [9.17, 15) is 13.0 Å². The molecule has 1 unspecified atom stereocenters. The number of hydrogen-bond acceptors (Lipinski definition) is 7. The average Bonchev–Trinajstić information content (AvgIpc) is 2.69. The number of halogens is 2. The maximum atomic E-state index is 14.4. The van der Waals surface area contributed by atoms with Crippen molar-refractivity contribution in [3.63, 3.8) is 0 Å². The van der Waals surface area contributed by atoms with Crippen LogP contribution < -0.4 is 15.8 Å². The highest BCUT2D eigenvalue weighted by Gasteiger charge is 2.14. The van der Waals surface area contributed by atoms with Gasteiger partial charge in [0, 0.05) is 45.4 Å². The summed E-state index contributed by atoms with van der Waals surface area (Å²) in [5.74, 6) is -0.0386. The highest BCUT2D eigenvalue weighted by atomic mass is 32.2. The van der Waals surface area contributed by atoms with Crippen molar-refractivity contribution < 1.29 is 17.7 Å². The summed E-state index contributed by atoms with van der Waals surface area (Å²) >= 11 is 0. The Balaban J connectivity index is 1.89. The monoisotopic (exact) mass is 433 g/mol.